The highest BCUT2D eigenvalue weighted by atomic mass is 19.1. The lowest BCUT2D eigenvalue weighted by Gasteiger charge is -2.20. The van der Waals surface area contributed by atoms with E-state index in [9.17, 15) is 23.2 Å². The number of aryl methyl sites for hydroxylation is 1. The van der Waals surface area contributed by atoms with Crippen LogP contribution >= 0.6 is 0 Å². The van der Waals surface area contributed by atoms with Gasteiger partial charge in [-0.15, -0.1) is 0 Å². The lowest BCUT2D eigenvalue weighted by molar-refractivity contribution is -0.148. The van der Waals surface area contributed by atoms with Crippen LogP contribution in [0.4, 0.5) is 8.78 Å². The second kappa shape index (κ2) is 11.2. The van der Waals surface area contributed by atoms with Gasteiger partial charge in [0.1, 0.15) is 11.6 Å². The van der Waals surface area contributed by atoms with Crippen molar-refractivity contribution >= 4 is 17.8 Å². The van der Waals surface area contributed by atoms with Gasteiger partial charge in [-0.2, -0.15) is 0 Å². The maximum Gasteiger partial charge on any atom is 0.308 e. The number of hydrogen-bond acceptors (Lipinski definition) is 4. The molecule has 2 N–H and O–H groups in total. The molecule has 0 saturated carbocycles. The summed E-state index contributed by atoms with van der Waals surface area (Å²) in [5.41, 5.74) is 1.47. The number of nitrogens with one attached hydrogen (secondary N) is 2. The van der Waals surface area contributed by atoms with Gasteiger partial charge in [-0.05, 0) is 38.5 Å². The number of esters is 1. The van der Waals surface area contributed by atoms with E-state index in [-0.39, 0.29) is 31.1 Å². The lowest BCUT2D eigenvalue weighted by atomic mass is 10.0. The number of benzene rings is 2. The third-order valence-corrected chi connectivity index (χ3v) is 4.37. The summed E-state index contributed by atoms with van der Waals surface area (Å²) in [4.78, 5) is 36.5. The van der Waals surface area contributed by atoms with Crippen molar-refractivity contribution in [1.29, 1.82) is 0 Å². The van der Waals surface area contributed by atoms with Crippen molar-refractivity contribution in [3.8, 4) is 0 Å². The van der Waals surface area contributed by atoms with Crippen LogP contribution in [0.3, 0.4) is 0 Å². The van der Waals surface area contributed by atoms with Crippen molar-refractivity contribution in [2.45, 2.75) is 45.8 Å². The van der Waals surface area contributed by atoms with Gasteiger partial charge in [0, 0.05) is 19.0 Å². The molecule has 166 valence electrons. The molecular weight excluding hydrogens is 406 g/mol. The van der Waals surface area contributed by atoms with E-state index in [2.05, 4.69) is 10.6 Å². The molecule has 6 nitrogen and oxygen atoms in total. The first-order chi connectivity index (χ1) is 14.7. The molecule has 0 spiro atoms. The number of halogens is 2. The molecule has 0 saturated heterocycles. The van der Waals surface area contributed by atoms with Crippen LogP contribution in [0, 0.1) is 18.6 Å². The average Bonchev–Trinajstić information content (AvgIpc) is 2.67. The Morgan fingerprint density at radius 1 is 1.03 bits per heavy atom. The molecule has 2 rings (SSSR count). The number of carbonyl (C=O) groups is 3. The fourth-order valence-corrected chi connectivity index (χ4v) is 2.85. The van der Waals surface area contributed by atoms with Crippen molar-refractivity contribution in [3.05, 3.63) is 70.8 Å². The zero-order chi connectivity index (χ0) is 23.0. The summed E-state index contributed by atoms with van der Waals surface area (Å²) < 4.78 is 31.8. The molecule has 0 aliphatic carbocycles. The summed E-state index contributed by atoms with van der Waals surface area (Å²) in [5, 5.41) is 5.20. The van der Waals surface area contributed by atoms with Gasteiger partial charge in [-0.1, -0.05) is 29.8 Å². The normalized spacial score (nSPS) is 11.7. The number of rotatable bonds is 9. The van der Waals surface area contributed by atoms with E-state index in [1.807, 2.05) is 31.2 Å². The van der Waals surface area contributed by atoms with Crippen molar-refractivity contribution in [1.82, 2.24) is 10.6 Å². The van der Waals surface area contributed by atoms with Gasteiger partial charge in [-0.25, -0.2) is 8.78 Å². The Labute approximate surface area is 180 Å². The topological polar surface area (TPSA) is 84.5 Å². The first kappa shape index (κ1) is 24.0. The minimum absolute atomic E-state index is 0.0415. The van der Waals surface area contributed by atoms with E-state index >= 15 is 0 Å². The highest BCUT2D eigenvalue weighted by molar-refractivity contribution is 5.94. The minimum Gasteiger partial charge on any atom is -0.463 e. The Balaban J connectivity index is 1.95. The monoisotopic (exact) mass is 432 g/mol. The molecule has 0 aliphatic rings. The molecule has 1 atom stereocenters. The molecule has 2 amide bonds. The first-order valence-corrected chi connectivity index (χ1v) is 9.94. The molecule has 0 aliphatic heterocycles. The van der Waals surface area contributed by atoms with E-state index in [1.54, 1.807) is 13.8 Å². The maximum absolute atomic E-state index is 13.7. The van der Waals surface area contributed by atoms with Crippen LogP contribution in [0.1, 0.15) is 54.2 Å². The van der Waals surface area contributed by atoms with Crippen molar-refractivity contribution in [2.24, 2.45) is 0 Å². The van der Waals surface area contributed by atoms with Gasteiger partial charge in [0.2, 0.25) is 5.91 Å². The smallest absolute Gasteiger partial charge is 0.308 e. The third kappa shape index (κ3) is 7.81. The zero-order valence-electron chi connectivity index (χ0n) is 17.7. The van der Waals surface area contributed by atoms with E-state index in [4.69, 9.17) is 4.74 Å². The zero-order valence-corrected chi connectivity index (χ0v) is 17.7. The number of amides is 2. The molecule has 0 bridgehead atoms. The van der Waals surface area contributed by atoms with Crippen LogP contribution in [0.15, 0.2) is 42.5 Å². The van der Waals surface area contributed by atoms with Crippen LogP contribution < -0.4 is 10.6 Å². The number of carbonyl (C=O) groups excluding carboxylic acids is 3. The van der Waals surface area contributed by atoms with Crippen LogP contribution in [-0.2, 0) is 14.3 Å². The molecule has 2 aromatic carbocycles. The fraction of sp³-hybridized carbons (Fsp3) is 0.348. The second-order valence-electron chi connectivity index (χ2n) is 7.40. The fourth-order valence-electron chi connectivity index (χ4n) is 2.85. The van der Waals surface area contributed by atoms with Gasteiger partial charge >= 0.3 is 5.97 Å². The Hall–Kier alpha value is -3.29. The van der Waals surface area contributed by atoms with Crippen molar-refractivity contribution < 1.29 is 27.9 Å². The molecule has 31 heavy (non-hydrogen) atoms. The van der Waals surface area contributed by atoms with Gasteiger partial charge in [-0.3, -0.25) is 14.4 Å². The molecule has 0 aromatic heterocycles. The molecular formula is C23H26F2N2O4. The van der Waals surface area contributed by atoms with Gasteiger partial charge in [0.25, 0.3) is 5.91 Å². The van der Waals surface area contributed by atoms with Gasteiger partial charge in [0.15, 0.2) is 0 Å². The highest BCUT2D eigenvalue weighted by Crippen LogP contribution is 2.19. The molecule has 0 radical (unpaired) electrons. The van der Waals surface area contributed by atoms with Crippen molar-refractivity contribution in [2.75, 3.05) is 6.54 Å². The lowest BCUT2D eigenvalue weighted by Crippen LogP contribution is -2.34. The summed E-state index contributed by atoms with van der Waals surface area (Å²) in [5.74, 6) is -3.36. The summed E-state index contributed by atoms with van der Waals surface area (Å²) in [7, 11) is 0. The molecule has 0 heterocycles. The van der Waals surface area contributed by atoms with E-state index in [0.29, 0.717) is 6.07 Å². The summed E-state index contributed by atoms with van der Waals surface area (Å²) in [6.45, 7) is 5.35. The van der Waals surface area contributed by atoms with Crippen LogP contribution in [0.5, 0.6) is 0 Å². The predicted octanol–water partition coefficient (Wildman–Crippen LogP) is 3.59. The third-order valence-electron chi connectivity index (χ3n) is 4.37. The SMILES string of the molecule is Cc1ccc(C(CC(=O)OC(C)C)NC(=O)CCNC(=O)c2ccc(F)cc2F)cc1. The van der Waals surface area contributed by atoms with E-state index < -0.39 is 35.5 Å². The van der Waals surface area contributed by atoms with Crippen LogP contribution in [0.25, 0.3) is 0 Å². The Bertz CT molecular complexity index is 930. The summed E-state index contributed by atoms with van der Waals surface area (Å²) >= 11 is 0. The Morgan fingerprint density at radius 2 is 1.71 bits per heavy atom. The maximum atomic E-state index is 13.7. The standard InChI is InChI=1S/C23H26F2N2O4/c1-14(2)31-22(29)13-20(16-6-4-15(3)5-7-16)27-21(28)10-11-26-23(30)18-9-8-17(24)12-19(18)25/h4-9,12,14,20H,10-11,13H2,1-3H3,(H,26,30)(H,27,28). The summed E-state index contributed by atoms with van der Waals surface area (Å²) in [6, 6.07) is 9.43. The second-order valence-corrected chi connectivity index (χ2v) is 7.40. The van der Waals surface area contributed by atoms with E-state index in [0.717, 1.165) is 23.3 Å². The Kier molecular flexibility index (Phi) is 8.66. The van der Waals surface area contributed by atoms with Gasteiger partial charge in [0.05, 0.1) is 24.1 Å². The predicted molar refractivity (Wildman–Crippen MR) is 111 cm³/mol. The van der Waals surface area contributed by atoms with Gasteiger partial charge < -0.3 is 15.4 Å². The van der Waals surface area contributed by atoms with Crippen molar-refractivity contribution in [3.63, 3.8) is 0 Å². The Morgan fingerprint density at radius 3 is 2.32 bits per heavy atom. The quantitative estimate of drug-likeness (QED) is 0.593. The number of ether oxygens (including phenoxy) is 1. The highest BCUT2D eigenvalue weighted by Gasteiger charge is 2.20. The molecule has 1 unspecified atom stereocenters. The number of hydrogen-bond donors (Lipinski definition) is 2. The molecule has 2 aromatic rings. The molecule has 8 heteroatoms. The van der Waals surface area contributed by atoms with Crippen LogP contribution in [0.2, 0.25) is 0 Å². The molecule has 0 fully saturated rings. The largest absolute Gasteiger partial charge is 0.463 e. The van der Waals surface area contributed by atoms with Crippen LogP contribution in [-0.4, -0.2) is 30.4 Å². The van der Waals surface area contributed by atoms with E-state index in [1.165, 1.54) is 0 Å². The first-order valence-electron chi connectivity index (χ1n) is 9.94. The average molecular weight is 432 g/mol. The minimum atomic E-state index is -0.981. The summed E-state index contributed by atoms with van der Waals surface area (Å²) in [6.07, 6.45) is -0.403.